The minimum absolute atomic E-state index is 0.270. The van der Waals surface area contributed by atoms with Gasteiger partial charge in [-0.15, -0.1) is 0 Å². The molecule has 4 heteroatoms. The summed E-state index contributed by atoms with van der Waals surface area (Å²) in [5, 5.41) is 12.7. The van der Waals surface area contributed by atoms with Gasteiger partial charge in [-0.1, -0.05) is 12.1 Å². The zero-order valence-corrected chi connectivity index (χ0v) is 9.58. The highest BCUT2D eigenvalue weighted by atomic mass is 79.9. The van der Waals surface area contributed by atoms with E-state index < -0.39 is 0 Å². The van der Waals surface area contributed by atoms with Gasteiger partial charge in [0, 0.05) is 12.7 Å². The number of hydrogen-bond acceptors (Lipinski definition) is 2. The van der Waals surface area contributed by atoms with Gasteiger partial charge in [0.15, 0.2) is 0 Å². The second-order valence-corrected chi connectivity index (χ2v) is 4.08. The first-order valence-corrected chi connectivity index (χ1v) is 5.39. The van der Waals surface area contributed by atoms with Crippen LogP contribution in [0.2, 0.25) is 0 Å². The predicted octanol–water partition coefficient (Wildman–Crippen LogP) is 3.09. The number of nitrogens with one attached hydrogen (secondary N) is 2. The van der Waals surface area contributed by atoms with E-state index in [9.17, 15) is 5.11 Å². The summed E-state index contributed by atoms with van der Waals surface area (Å²) < 4.78 is 0.955. The summed E-state index contributed by atoms with van der Waals surface area (Å²) in [5.41, 5.74) is 1.87. The Morgan fingerprint density at radius 1 is 1.33 bits per heavy atom. The molecule has 0 atom stereocenters. The Labute approximate surface area is 96.3 Å². The van der Waals surface area contributed by atoms with E-state index in [1.54, 1.807) is 12.1 Å². The van der Waals surface area contributed by atoms with Gasteiger partial charge >= 0.3 is 0 Å². The van der Waals surface area contributed by atoms with Crippen LogP contribution in [0.25, 0.3) is 0 Å². The first kappa shape index (κ1) is 10.1. The lowest BCUT2D eigenvalue weighted by Gasteiger charge is -2.06. The van der Waals surface area contributed by atoms with Gasteiger partial charge in [-0.3, -0.25) is 0 Å². The quantitative estimate of drug-likeness (QED) is 0.748. The molecule has 0 fully saturated rings. The molecule has 0 spiro atoms. The summed E-state index contributed by atoms with van der Waals surface area (Å²) in [6.07, 6.45) is 1.91. The van der Waals surface area contributed by atoms with Crippen molar-refractivity contribution in [2.24, 2.45) is 0 Å². The molecule has 0 aliphatic carbocycles. The van der Waals surface area contributed by atoms with Crippen LogP contribution in [0.5, 0.6) is 5.75 Å². The van der Waals surface area contributed by atoms with Gasteiger partial charge in [-0.2, -0.15) is 0 Å². The van der Waals surface area contributed by atoms with Crippen LogP contribution in [0.4, 0.5) is 5.69 Å². The molecule has 0 bridgehead atoms. The van der Waals surface area contributed by atoms with Crippen LogP contribution in [-0.2, 0) is 6.54 Å². The molecule has 1 aromatic carbocycles. The fourth-order valence-electron chi connectivity index (χ4n) is 1.33. The highest BCUT2D eigenvalue weighted by Crippen LogP contribution is 2.22. The number of anilines is 1. The van der Waals surface area contributed by atoms with E-state index in [4.69, 9.17) is 0 Å². The maximum Gasteiger partial charge on any atom is 0.138 e. The molecule has 78 valence electrons. The number of aromatic nitrogens is 1. The summed E-state index contributed by atoms with van der Waals surface area (Å²) >= 11 is 3.34. The Hall–Kier alpha value is -1.42. The molecule has 3 N–H and O–H groups in total. The molecular formula is C11H11BrN2O. The Bertz CT molecular complexity index is 453. The number of hydrogen-bond donors (Lipinski definition) is 3. The van der Waals surface area contributed by atoms with Crippen molar-refractivity contribution in [2.75, 3.05) is 5.32 Å². The van der Waals surface area contributed by atoms with Crippen LogP contribution in [0.3, 0.4) is 0 Å². The highest BCUT2D eigenvalue weighted by molar-refractivity contribution is 9.10. The Morgan fingerprint density at radius 2 is 2.13 bits per heavy atom. The SMILES string of the molecule is Oc1ccccc1NCc1c[nH]c(Br)c1. The lowest BCUT2D eigenvalue weighted by molar-refractivity contribution is 0.477. The van der Waals surface area contributed by atoms with Gasteiger partial charge in [0.2, 0.25) is 0 Å². The number of aromatic hydroxyl groups is 1. The highest BCUT2D eigenvalue weighted by Gasteiger charge is 2.00. The number of benzene rings is 1. The van der Waals surface area contributed by atoms with Gasteiger partial charge in [-0.05, 0) is 39.7 Å². The fourth-order valence-corrected chi connectivity index (χ4v) is 1.74. The maximum absolute atomic E-state index is 9.51. The summed E-state index contributed by atoms with van der Waals surface area (Å²) in [7, 11) is 0. The Balaban J connectivity index is 2.02. The molecule has 0 aliphatic heterocycles. The number of H-pyrrole nitrogens is 1. The zero-order valence-electron chi connectivity index (χ0n) is 8.00. The molecular weight excluding hydrogens is 256 g/mol. The predicted molar refractivity (Wildman–Crippen MR) is 63.9 cm³/mol. The van der Waals surface area contributed by atoms with Crippen molar-refractivity contribution in [3.63, 3.8) is 0 Å². The topological polar surface area (TPSA) is 48.0 Å². The number of halogens is 1. The van der Waals surface area contributed by atoms with E-state index >= 15 is 0 Å². The Kier molecular flexibility index (Phi) is 2.97. The number of para-hydroxylation sites is 2. The number of aromatic amines is 1. The number of phenolic OH excluding ortho intramolecular Hbond substituents is 1. The monoisotopic (exact) mass is 266 g/mol. The second-order valence-electron chi connectivity index (χ2n) is 3.23. The normalized spacial score (nSPS) is 10.2. The van der Waals surface area contributed by atoms with Gasteiger partial charge in [0.05, 0.1) is 10.3 Å². The summed E-state index contributed by atoms with van der Waals surface area (Å²) in [6.45, 7) is 0.680. The summed E-state index contributed by atoms with van der Waals surface area (Å²) in [4.78, 5) is 3.03. The number of phenols is 1. The van der Waals surface area contributed by atoms with Crippen molar-refractivity contribution >= 4 is 21.6 Å². The van der Waals surface area contributed by atoms with E-state index in [0.717, 1.165) is 15.9 Å². The van der Waals surface area contributed by atoms with Crippen molar-refractivity contribution in [3.05, 3.63) is 46.7 Å². The molecule has 0 radical (unpaired) electrons. The maximum atomic E-state index is 9.51. The summed E-state index contributed by atoms with van der Waals surface area (Å²) in [6, 6.07) is 9.18. The van der Waals surface area contributed by atoms with Crippen molar-refractivity contribution < 1.29 is 5.11 Å². The fraction of sp³-hybridized carbons (Fsp3) is 0.0909. The van der Waals surface area contributed by atoms with Gasteiger partial charge < -0.3 is 15.4 Å². The first-order valence-electron chi connectivity index (χ1n) is 4.60. The largest absolute Gasteiger partial charge is 0.506 e. The van der Waals surface area contributed by atoms with Crippen molar-refractivity contribution in [1.82, 2.24) is 4.98 Å². The van der Waals surface area contributed by atoms with Crippen molar-refractivity contribution in [2.45, 2.75) is 6.54 Å². The molecule has 3 nitrogen and oxygen atoms in total. The smallest absolute Gasteiger partial charge is 0.138 e. The van der Waals surface area contributed by atoms with Crippen LogP contribution in [0.1, 0.15) is 5.56 Å². The lowest BCUT2D eigenvalue weighted by Crippen LogP contribution is -1.97. The van der Waals surface area contributed by atoms with Crippen molar-refractivity contribution in [3.8, 4) is 5.75 Å². The third-order valence-corrected chi connectivity index (χ3v) is 2.55. The molecule has 0 saturated heterocycles. The molecule has 2 aromatic rings. The Morgan fingerprint density at radius 3 is 2.80 bits per heavy atom. The van der Waals surface area contributed by atoms with E-state index in [1.807, 2.05) is 24.4 Å². The molecule has 0 aliphatic rings. The minimum atomic E-state index is 0.270. The molecule has 0 saturated carbocycles. The van der Waals surface area contributed by atoms with Gasteiger partial charge in [-0.25, -0.2) is 0 Å². The molecule has 15 heavy (non-hydrogen) atoms. The standard InChI is InChI=1S/C11H11BrN2O/c12-11-5-8(7-14-11)6-13-9-3-1-2-4-10(9)15/h1-5,7,13-15H,6H2. The van der Waals surface area contributed by atoms with Crippen LogP contribution >= 0.6 is 15.9 Å². The number of rotatable bonds is 3. The van der Waals surface area contributed by atoms with Crippen LogP contribution in [0, 0.1) is 0 Å². The average molecular weight is 267 g/mol. The van der Waals surface area contributed by atoms with Gasteiger partial charge in [0.25, 0.3) is 0 Å². The molecule has 1 aromatic heterocycles. The third-order valence-electron chi connectivity index (χ3n) is 2.09. The van der Waals surface area contributed by atoms with E-state index in [0.29, 0.717) is 6.54 Å². The second kappa shape index (κ2) is 4.40. The van der Waals surface area contributed by atoms with Crippen LogP contribution < -0.4 is 5.32 Å². The minimum Gasteiger partial charge on any atom is -0.506 e. The van der Waals surface area contributed by atoms with Crippen LogP contribution in [-0.4, -0.2) is 10.1 Å². The van der Waals surface area contributed by atoms with E-state index in [1.165, 1.54) is 0 Å². The molecule has 2 rings (SSSR count). The molecule has 0 amide bonds. The zero-order chi connectivity index (χ0) is 10.7. The van der Waals surface area contributed by atoms with Gasteiger partial charge in [0.1, 0.15) is 5.75 Å². The third kappa shape index (κ3) is 2.53. The summed E-state index contributed by atoms with van der Waals surface area (Å²) in [5.74, 6) is 0.270. The molecule has 0 unspecified atom stereocenters. The average Bonchev–Trinajstić information content (AvgIpc) is 2.63. The van der Waals surface area contributed by atoms with E-state index in [-0.39, 0.29) is 5.75 Å². The van der Waals surface area contributed by atoms with Crippen LogP contribution in [0.15, 0.2) is 41.1 Å². The van der Waals surface area contributed by atoms with E-state index in [2.05, 4.69) is 26.2 Å². The molecule has 1 heterocycles. The first-order chi connectivity index (χ1) is 7.25. The lowest BCUT2D eigenvalue weighted by atomic mass is 10.2. The van der Waals surface area contributed by atoms with Crippen molar-refractivity contribution in [1.29, 1.82) is 0 Å².